The highest BCUT2D eigenvalue weighted by atomic mass is 19.4. The Hall–Kier alpha value is -2.34. The summed E-state index contributed by atoms with van der Waals surface area (Å²) in [5, 5.41) is 0. The highest BCUT2D eigenvalue weighted by Gasteiger charge is 2.40. The van der Waals surface area contributed by atoms with Gasteiger partial charge in [0.25, 0.3) is 0 Å². The van der Waals surface area contributed by atoms with Gasteiger partial charge in [-0.15, -0.1) is 0 Å². The van der Waals surface area contributed by atoms with E-state index in [0.717, 1.165) is 12.1 Å². The van der Waals surface area contributed by atoms with Gasteiger partial charge in [0.15, 0.2) is 5.54 Å². The van der Waals surface area contributed by atoms with E-state index in [2.05, 4.69) is 0 Å². The Bertz CT molecular complexity index is 653. The largest absolute Gasteiger partial charge is 0.467 e. The molecule has 116 valence electrons. The lowest BCUT2D eigenvalue weighted by Gasteiger charge is -2.27. The summed E-state index contributed by atoms with van der Waals surface area (Å²) in [6.45, 7) is 0. The van der Waals surface area contributed by atoms with Gasteiger partial charge in [0.05, 0.1) is 12.7 Å². The van der Waals surface area contributed by atoms with Crippen molar-refractivity contribution in [1.82, 2.24) is 0 Å². The molecule has 3 nitrogen and oxygen atoms in total. The second-order valence-electron chi connectivity index (χ2n) is 4.74. The van der Waals surface area contributed by atoms with Gasteiger partial charge in [-0.1, -0.05) is 42.5 Å². The zero-order chi connectivity index (χ0) is 16.4. The Labute approximate surface area is 125 Å². The third-order valence-corrected chi connectivity index (χ3v) is 3.40. The molecule has 0 bridgehead atoms. The van der Waals surface area contributed by atoms with Crippen LogP contribution < -0.4 is 5.73 Å². The summed E-state index contributed by atoms with van der Waals surface area (Å²) in [7, 11) is 1.18. The molecule has 2 rings (SSSR count). The monoisotopic (exact) mass is 309 g/mol. The van der Waals surface area contributed by atoms with Crippen LogP contribution in [0.3, 0.4) is 0 Å². The fraction of sp³-hybridized carbons (Fsp3) is 0.188. The van der Waals surface area contributed by atoms with Gasteiger partial charge < -0.3 is 10.5 Å². The number of benzene rings is 2. The number of nitrogens with two attached hydrogens (primary N) is 1. The number of methoxy groups -OCH3 is 1. The number of ether oxygens (including phenoxy) is 1. The van der Waals surface area contributed by atoms with E-state index in [1.54, 1.807) is 30.3 Å². The average Bonchev–Trinajstić information content (AvgIpc) is 2.53. The van der Waals surface area contributed by atoms with Crippen molar-refractivity contribution in [3.63, 3.8) is 0 Å². The van der Waals surface area contributed by atoms with Crippen LogP contribution in [0.4, 0.5) is 13.2 Å². The molecule has 0 aliphatic heterocycles. The first-order chi connectivity index (χ1) is 10.3. The van der Waals surface area contributed by atoms with Crippen LogP contribution in [-0.2, 0) is 21.2 Å². The summed E-state index contributed by atoms with van der Waals surface area (Å²) in [5.41, 5.74) is 4.38. The van der Waals surface area contributed by atoms with Crippen molar-refractivity contribution in [1.29, 1.82) is 0 Å². The standard InChI is InChI=1S/C16H14F3NO2/c1-22-14(21)15(20,11-5-3-2-4-6-11)12-7-9-13(10-8-12)16(17,18)19/h2-10H,20H2,1H3. The molecule has 1 atom stereocenters. The molecule has 0 saturated carbocycles. The lowest BCUT2D eigenvalue weighted by Crippen LogP contribution is -2.46. The minimum absolute atomic E-state index is 0.221. The van der Waals surface area contributed by atoms with Gasteiger partial charge >= 0.3 is 12.1 Å². The van der Waals surface area contributed by atoms with Crippen molar-refractivity contribution >= 4 is 5.97 Å². The summed E-state index contributed by atoms with van der Waals surface area (Å²) in [6, 6.07) is 12.5. The molecule has 0 radical (unpaired) electrons. The second-order valence-corrected chi connectivity index (χ2v) is 4.74. The number of alkyl halides is 3. The van der Waals surface area contributed by atoms with Crippen molar-refractivity contribution in [2.24, 2.45) is 5.73 Å². The Morgan fingerprint density at radius 3 is 1.82 bits per heavy atom. The molecule has 0 spiro atoms. The van der Waals surface area contributed by atoms with Gasteiger partial charge in [-0.05, 0) is 23.3 Å². The first-order valence-electron chi connectivity index (χ1n) is 6.40. The predicted octanol–water partition coefficient (Wildman–Crippen LogP) is 3.08. The van der Waals surface area contributed by atoms with Crippen LogP contribution in [-0.4, -0.2) is 13.1 Å². The van der Waals surface area contributed by atoms with Crippen molar-refractivity contribution in [2.75, 3.05) is 7.11 Å². The maximum absolute atomic E-state index is 12.6. The van der Waals surface area contributed by atoms with E-state index in [9.17, 15) is 18.0 Å². The first kappa shape index (κ1) is 16.0. The number of hydrogen-bond acceptors (Lipinski definition) is 3. The minimum Gasteiger partial charge on any atom is -0.467 e. The summed E-state index contributed by atoms with van der Waals surface area (Å²) >= 11 is 0. The fourth-order valence-electron chi connectivity index (χ4n) is 2.19. The van der Waals surface area contributed by atoms with Crippen LogP contribution in [0, 0.1) is 0 Å². The Morgan fingerprint density at radius 2 is 1.36 bits per heavy atom. The molecule has 0 saturated heterocycles. The Kier molecular flexibility index (Phi) is 4.23. The molecule has 2 aromatic carbocycles. The number of rotatable bonds is 3. The van der Waals surface area contributed by atoms with E-state index in [1.807, 2.05) is 0 Å². The average molecular weight is 309 g/mol. The second kappa shape index (κ2) is 5.81. The Morgan fingerprint density at radius 1 is 0.909 bits per heavy atom. The van der Waals surface area contributed by atoms with Gasteiger partial charge in [0, 0.05) is 0 Å². The molecule has 0 aliphatic rings. The van der Waals surface area contributed by atoms with E-state index in [0.29, 0.717) is 5.56 Å². The maximum Gasteiger partial charge on any atom is 0.416 e. The molecule has 0 aliphatic carbocycles. The fourth-order valence-corrected chi connectivity index (χ4v) is 2.19. The van der Waals surface area contributed by atoms with Crippen LogP contribution in [0.5, 0.6) is 0 Å². The normalized spacial score (nSPS) is 14.2. The molecule has 0 fully saturated rings. The quantitative estimate of drug-likeness (QED) is 0.887. The van der Waals surface area contributed by atoms with Gasteiger partial charge in [-0.25, -0.2) is 4.79 Å². The molecule has 1 unspecified atom stereocenters. The third kappa shape index (κ3) is 2.82. The summed E-state index contributed by atoms with van der Waals surface area (Å²) < 4.78 is 42.7. The number of halogens is 3. The number of carbonyl (C=O) groups excluding carboxylic acids is 1. The smallest absolute Gasteiger partial charge is 0.416 e. The van der Waals surface area contributed by atoms with E-state index >= 15 is 0 Å². The SMILES string of the molecule is COC(=O)C(N)(c1ccccc1)c1ccc(C(F)(F)F)cc1. The van der Waals surface area contributed by atoms with Crippen molar-refractivity contribution in [3.8, 4) is 0 Å². The molecule has 0 amide bonds. The van der Waals surface area contributed by atoms with E-state index in [1.165, 1.54) is 19.2 Å². The van der Waals surface area contributed by atoms with E-state index in [4.69, 9.17) is 10.5 Å². The topological polar surface area (TPSA) is 52.3 Å². The number of carbonyl (C=O) groups is 1. The van der Waals surface area contributed by atoms with Crippen LogP contribution >= 0.6 is 0 Å². The lowest BCUT2D eigenvalue weighted by molar-refractivity contribution is -0.145. The Balaban J connectivity index is 2.54. The van der Waals surface area contributed by atoms with Gasteiger partial charge in [-0.2, -0.15) is 13.2 Å². The molecule has 0 heterocycles. The van der Waals surface area contributed by atoms with E-state index < -0.39 is 23.2 Å². The zero-order valence-electron chi connectivity index (χ0n) is 11.7. The van der Waals surface area contributed by atoms with E-state index in [-0.39, 0.29) is 5.56 Å². The molecule has 2 N–H and O–H groups in total. The van der Waals surface area contributed by atoms with Gasteiger partial charge in [0.2, 0.25) is 0 Å². The minimum atomic E-state index is -4.45. The molecule has 6 heteroatoms. The lowest BCUT2D eigenvalue weighted by atomic mass is 9.83. The van der Waals surface area contributed by atoms with Crippen molar-refractivity contribution in [2.45, 2.75) is 11.7 Å². The number of esters is 1. The highest BCUT2D eigenvalue weighted by molar-refractivity contribution is 5.86. The summed E-state index contributed by atoms with van der Waals surface area (Å²) in [5.74, 6) is -0.751. The van der Waals surface area contributed by atoms with Crippen LogP contribution in [0.2, 0.25) is 0 Å². The molecular formula is C16H14F3NO2. The molecular weight excluding hydrogens is 295 g/mol. The zero-order valence-corrected chi connectivity index (χ0v) is 11.7. The summed E-state index contributed by atoms with van der Waals surface area (Å²) in [4.78, 5) is 12.1. The molecule has 0 aromatic heterocycles. The summed E-state index contributed by atoms with van der Waals surface area (Å²) in [6.07, 6.45) is -4.45. The van der Waals surface area contributed by atoms with Crippen molar-refractivity contribution < 1.29 is 22.7 Å². The predicted molar refractivity (Wildman–Crippen MR) is 74.9 cm³/mol. The first-order valence-corrected chi connectivity index (χ1v) is 6.40. The highest BCUT2D eigenvalue weighted by Crippen LogP contribution is 2.33. The van der Waals surface area contributed by atoms with Crippen LogP contribution in [0.25, 0.3) is 0 Å². The maximum atomic E-state index is 12.6. The van der Waals surface area contributed by atoms with Crippen molar-refractivity contribution in [3.05, 3.63) is 71.3 Å². The molecule has 22 heavy (non-hydrogen) atoms. The van der Waals surface area contributed by atoms with Crippen LogP contribution in [0.1, 0.15) is 16.7 Å². The van der Waals surface area contributed by atoms with Gasteiger partial charge in [-0.3, -0.25) is 0 Å². The molecule has 2 aromatic rings. The number of hydrogen-bond donors (Lipinski definition) is 1. The third-order valence-electron chi connectivity index (χ3n) is 3.40. The van der Waals surface area contributed by atoms with Gasteiger partial charge in [0.1, 0.15) is 0 Å². The van der Waals surface area contributed by atoms with Crippen LogP contribution in [0.15, 0.2) is 54.6 Å².